The molecule has 6 nitrogen and oxygen atoms in total. The van der Waals surface area contributed by atoms with Crippen molar-refractivity contribution in [1.82, 2.24) is 25.1 Å². The predicted molar refractivity (Wildman–Crippen MR) is 94.1 cm³/mol. The minimum Gasteiger partial charge on any atom is -0.357 e. The molecule has 0 unspecified atom stereocenters. The lowest BCUT2D eigenvalue weighted by Gasteiger charge is -2.35. The van der Waals surface area contributed by atoms with Crippen molar-refractivity contribution < 1.29 is 13.2 Å². The second kappa shape index (κ2) is 7.10. The van der Waals surface area contributed by atoms with E-state index in [0.717, 1.165) is 44.0 Å². The molecule has 3 heterocycles. The van der Waals surface area contributed by atoms with Crippen LogP contribution >= 0.6 is 0 Å². The molecule has 2 aliphatic rings. The quantitative estimate of drug-likeness (QED) is 0.864. The molecule has 1 aliphatic heterocycles. The Labute approximate surface area is 155 Å². The summed E-state index contributed by atoms with van der Waals surface area (Å²) in [7, 11) is 1.91. The lowest BCUT2D eigenvalue weighted by molar-refractivity contribution is -0.137. The van der Waals surface area contributed by atoms with E-state index in [9.17, 15) is 13.2 Å². The van der Waals surface area contributed by atoms with E-state index in [1.54, 1.807) is 6.33 Å². The summed E-state index contributed by atoms with van der Waals surface area (Å²) in [4.78, 5) is 10.5. The number of anilines is 1. The number of pyridine rings is 1. The number of alkyl halides is 3. The van der Waals surface area contributed by atoms with Gasteiger partial charge in [-0.3, -0.25) is 4.68 Å². The molecular weight excluding hydrogens is 357 g/mol. The fourth-order valence-electron chi connectivity index (χ4n) is 3.71. The van der Waals surface area contributed by atoms with Gasteiger partial charge in [-0.05, 0) is 43.7 Å². The number of nitrogens with one attached hydrogen (secondary N) is 1. The molecular formula is C18H23F3N6. The first-order chi connectivity index (χ1) is 12.9. The number of hydrogen-bond acceptors (Lipinski definition) is 5. The van der Waals surface area contributed by atoms with Crippen molar-refractivity contribution in [1.29, 1.82) is 0 Å². The third-order valence-corrected chi connectivity index (χ3v) is 5.43. The van der Waals surface area contributed by atoms with Crippen LogP contribution in [0.3, 0.4) is 0 Å². The van der Waals surface area contributed by atoms with Gasteiger partial charge in [0.05, 0.1) is 11.6 Å². The number of rotatable bonds is 5. The molecule has 2 aromatic rings. The van der Waals surface area contributed by atoms with Crippen LogP contribution in [0.15, 0.2) is 24.7 Å². The Hall–Kier alpha value is -2.16. The molecule has 1 N–H and O–H groups in total. The molecule has 2 aromatic heterocycles. The summed E-state index contributed by atoms with van der Waals surface area (Å²) in [6.07, 6.45) is 2.41. The predicted octanol–water partition coefficient (Wildman–Crippen LogP) is 2.94. The molecule has 0 aromatic carbocycles. The maximum absolute atomic E-state index is 12.7. The van der Waals surface area contributed by atoms with Gasteiger partial charge in [0.1, 0.15) is 18.0 Å². The van der Waals surface area contributed by atoms with Crippen LogP contribution < -0.4 is 10.2 Å². The number of hydrogen-bond donors (Lipinski definition) is 1. The van der Waals surface area contributed by atoms with Crippen LogP contribution in [-0.2, 0) is 13.2 Å². The summed E-state index contributed by atoms with van der Waals surface area (Å²) in [6, 6.07) is 3.14. The Bertz CT molecular complexity index is 760. The molecule has 1 saturated carbocycles. The third kappa shape index (κ3) is 4.07. The van der Waals surface area contributed by atoms with Crippen molar-refractivity contribution in [3.63, 3.8) is 0 Å². The summed E-state index contributed by atoms with van der Waals surface area (Å²) in [5, 5.41) is 7.93. The molecule has 27 heavy (non-hydrogen) atoms. The van der Waals surface area contributed by atoms with E-state index >= 15 is 0 Å². The Kier molecular flexibility index (Phi) is 4.79. The highest BCUT2D eigenvalue weighted by Gasteiger charge is 2.37. The highest BCUT2D eigenvalue weighted by atomic mass is 19.4. The average Bonchev–Trinajstić information content (AvgIpc) is 3.41. The van der Waals surface area contributed by atoms with Crippen LogP contribution in [0.1, 0.15) is 43.1 Å². The van der Waals surface area contributed by atoms with Crippen molar-refractivity contribution in [3.8, 4) is 0 Å². The molecule has 1 atom stereocenters. The zero-order chi connectivity index (χ0) is 19.0. The van der Waals surface area contributed by atoms with Gasteiger partial charge in [-0.25, -0.2) is 9.97 Å². The van der Waals surface area contributed by atoms with Gasteiger partial charge in [0, 0.05) is 32.4 Å². The lowest BCUT2D eigenvalue weighted by Crippen LogP contribution is -2.45. The minimum absolute atomic E-state index is 0.221. The van der Waals surface area contributed by atoms with Gasteiger partial charge in [-0.15, -0.1) is 0 Å². The van der Waals surface area contributed by atoms with Gasteiger partial charge in [0.2, 0.25) is 0 Å². The number of aromatic nitrogens is 4. The summed E-state index contributed by atoms with van der Waals surface area (Å²) in [5.41, 5.74) is -0.709. The first-order valence-corrected chi connectivity index (χ1v) is 9.30. The molecule has 9 heteroatoms. The molecule has 4 rings (SSSR count). The largest absolute Gasteiger partial charge is 0.417 e. The molecule has 0 spiro atoms. The molecule has 2 fully saturated rings. The minimum atomic E-state index is -4.35. The summed E-state index contributed by atoms with van der Waals surface area (Å²) in [6.45, 7) is 1.54. The van der Waals surface area contributed by atoms with Gasteiger partial charge in [0.25, 0.3) is 0 Å². The Morgan fingerprint density at radius 1 is 1.11 bits per heavy atom. The van der Waals surface area contributed by atoms with E-state index in [-0.39, 0.29) is 6.04 Å². The molecule has 0 amide bonds. The highest BCUT2D eigenvalue weighted by molar-refractivity contribution is 5.40. The molecule has 0 bridgehead atoms. The SMILES string of the molecule is Cn1ncnc1[C@H](NC1CCN(c2ccc(C(F)(F)F)cn2)CC1)C1CC1. The van der Waals surface area contributed by atoms with Gasteiger partial charge >= 0.3 is 6.18 Å². The first-order valence-electron chi connectivity index (χ1n) is 9.30. The van der Waals surface area contributed by atoms with Gasteiger partial charge in [-0.1, -0.05) is 0 Å². The average molecular weight is 380 g/mol. The fourth-order valence-corrected chi connectivity index (χ4v) is 3.71. The number of piperidine rings is 1. The zero-order valence-corrected chi connectivity index (χ0v) is 15.2. The summed E-state index contributed by atoms with van der Waals surface area (Å²) >= 11 is 0. The van der Waals surface area contributed by atoms with Crippen molar-refractivity contribution in [3.05, 3.63) is 36.0 Å². The van der Waals surface area contributed by atoms with Crippen molar-refractivity contribution in [2.24, 2.45) is 13.0 Å². The third-order valence-electron chi connectivity index (χ3n) is 5.43. The Morgan fingerprint density at radius 2 is 1.85 bits per heavy atom. The second-order valence-corrected chi connectivity index (χ2v) is 7.39. The highest BCUT2D eigenvalue weighted by Crippen LogP contribution is 2.41. The number of nitrogens with zero attached hydrogens (tertiary/aromatic N) is 5. The van der Waals surface area contributed by atoms with E-state index in [0.29, 0.717) is 17.8 Å². The van der Waals surface area contributed by atoms with E-state index < -0.39 is 11.7 Å². The van der Waals surface area contributed by atoms with Crippen LogP contribution in [-0.4, -0.2) is 38.9 Å². The van der Waals surface area contributed by atoms with E-state index in [1.807, 2.05) is 16.6 Å². The van der Waals surface area contributed by atoms with Crippen LogP contribution in [0.5, 0.6) is 0 Å². The van der Waals surface area contributed by atoms with Gasteiger partial charge < -0.3 is 10.2 Å². The number of halogens is 3. The van der Waals surface area contributed by atoms with E-state index in [1.165, 1.54) is 18.9 Å². The monoisotopic (exact) mass is 380 g/mol. The van der Waals surface area contributed by atoms with Gasteiger partial charge in [-0.2, -0.15) is 18.3 Å². The summed E-state index contributed by atoms with van der Waals surface area (Å²) < 4.78 is 39.9. The molecule has 146 valence electrons. The second-order valence-electron chi connectivity index (χ2n) is 7.39. The standard InChI is InChI=1S/C18H23F3N6/c1-26-17(23-11-24-26)16(12-2-3-12)25-14-6-8-27(9-7-14)15-5-4-13(10-22-15)18(19,20)21/h4-5,10-12,14,16,25H,2-3,6-9H2,1H3/t16-/m1/s1. The van der Waals surface area contributed by atoms with E-state index in [2.05, 4.69) is 20.4 Å². The van der Waals surface area contributed by atoms with Crippen LogP contribution in [0.2, 0.25) is 0 Å². The smallest absolute Gasteiger partial charge is 0.357 e. The normalized spacial score (nSPS) is 20.1. The van der Waals surface area contributed by atoms with Crippen molar-refractivity contribution >= 4 is 5.82 Å². The maximum Gasteiger partial charge on any atom is 0.417 e. The Morgan fingerprint density at radius 3 is 2.37 bits per heavy atom. The Balaban J connectivity index is 1.35. The number of aryl methyl sites for hydroxylation is 1. The zero-order valence-electron chi connectivity index (χ0n) is 15.2. The summed E-state index contributed by atoms with van der Waals surface area (Å²) in [5.74, 6) is 2.19. The first kappa shape index (κ1) is 18.2. The van der Waals surface area contributed by atoms with E-state index in [4.69, 9.17) is 0 Å². The van der Waals surface area contributed by atoms with Crippen LogP contribution in [0, 0.1) is 5.92 Å². The van der Waals surface area contributed by atoms with Crippen LogP contribution in [0.4, 0.5) is 19.0 Å². The van der Waals surface area contributed by atoms with Gasteiger partial charge in [0.15, 0.2) is 0 Å². The van der Waals surface area contributed by atoms with Crippen molar-refractivity contribution in [2.75, 3.05) is 18.0 Å². The van der Waals surface area contributed by atoms with Crippen molar-refractivity contribution in [2.45, 2.75) is 43.9 Å². The maximum atomic E-state index is 12.7. The topological polar surface area (TPSA) is 58.9 Å². The molecule has 1 saturated heterocycles. The molecule has 1 aliphatic carbocycles. The molecule has 0 radical (unpaired) electrons. The fraction of sp³-hybridized carbons (Fsp3) is 0.611. The van der Waals surface area contributed by atoms with Crippen LogP contribution in [0.25, 0.3) is 0 Å². The lowest BCUT2D eigenvalue weighted by atomic mass is 10.0.